The Hall–Kier alpha value is -4.20. The van der Waals surface area contributed by atoms with Gasteiger partial charge < -0.3 is 19.5 Å². The molecule has 1 N–H and O–H groups in total. The largest absolute Gasteiger partial charge is 0.507 e. The summed E-state index contributed by atoms with van der Waals surface area (Å²) >= 11 is 0. The average Bonchev–Trinajstić information content (AvgIpc) is 3.09. The van der Waals surface area contributed by atoms with Crippen molar-refractivity contribution in [1.29, 1.82) is 0 Å². The molecule has 168 valence electrons. The number of aliphatic hydroxyl groups excluding tert-OH is 1. The van der Waals surface area contributed by atoms with E-state index in [1.165, 1.54) is 31.3 Å². The van der Waals surface area contributed by atoms with Crippen molar-refractivity contribution in [3.05, 3.63) is 95.1 Å². The zero-order valence-corrected chi connectivity index (χ0v) is 18.0. The summed E-state index contributed by atoms with van der Waals surface area (Å²) in [6.45, 7) is 0.100. The minimum absolute atomic E-state index is 0.00437. The van der Waals surface area contributed by atoms with Gasteiger partial charge >= 0.3 is 0 Å². The van der Waals surface area contributed by atoms with Crippen molar-refractivity contribution in [2.45, 2.75) is 12.6 Å². The summed E-state index contributed by atoms with van der Waals surface area (Å²) in [5.74, 6) is -2.20. The van der Waals surface area contributed by atoms with E-state index in [9.17, 15) is 19.1 Å². The number of ether oxygens (including phenoxy) is 2. The topological polar surface area (TPSA) is 89.0 Å². The standard InChI is InChI=1S/C25H21FN2O5/c1-32-18-8-5-16(6-9-18)22-21(23(29)17-7-10-20(33-2)19(26)12-17)24(30)25(31)28(22)14-15-4-3-11-27-13-15/h3-13,22,29H,14H2,1-2H3/t22-/m1/s1. The Morgan fingerprint density at radius 2 is 1.85 bits per heavy atom. The van der Waals surface area contributed by atoms with Crippen molar-refractivity contribution in [2.75, 3.05) is 14.2 Å². The highest BCUT2D eigenvalue weighted by molar-refractivity contribution is 6.46. The number of amides is 1. The third kappa shape index (κ3) is 4.15. The Morgan fingerprint density at radius 1 is 1.09 bits per heavy atom. The van der Waals surface area contributed by atoms with Crippen LogP contribution in [-0.4, -0.2) is 40.9 Å². The molecular weight excluding hydrogens is 427 g/mol. The van der Waals surface area contributed by atoms with Crippen LogP contribution in [0.15, 0.2) is 72.6 Å². The summed E-state index contributed by atoms with van der Waals surface area (Å²) in [6.07, 6.45) is 3.21. The van der Waals surface area contributed by atoms with Gasteiger partial charge in [0.15, 0.2) is 11.6 Å². The lowest BCUT2D eigenvalue weighted by Crippen LogP contribution is -2.29. The zero-order valence-electron chi connectivity index (χ0n) is 18.0. The maximum atomic E-state index is 14.3. The Bertz CT molecular complexity index is 1230. The average molecular weight is 448 g/mol. The molecule has 2 aromatic carbocycles. The minimum atomic E-state index is -0.888. The summed E-state index contributed by atoms with van der Waals surface area (Å²) in [5, 5.41) is 11.0. The van der Waals surface area contributed by atoms with Crippen LogP contribution >= 0.6 is 0 Å². The van der Waals surface area contributed by atoms with Crippen LogP contribution in [0.25, 0.3) is 5.76 Å². The number of nitrogens with zero attached hydrogens (tertiary/aromatic N) is 2. The third-order valence-corrected chi connectivity index (χ3v) is 5.47. The lowest BCUT2D eigenvalue weighted by molar-refractivity contribution is -0.140. The summed E-state index contributed by atoms with van der Waals surface area (Å²) in [5.41, 5.74) is 1.24. The molecule has 33 heavy (non-hydrogen) atoms. The normalized spacial score (nSPS) is 17.3. The number of likely N-dealkylation sites (tertiary alicyclic amines) is 1. The monoisotopic (exact) mass is 448 g/mol. The molecule has 0 saturated carbocycles. The second kappa shape index (κ2) is 9.12. The number of rotatable bonds is 6. The first kappa shape index (κ1) is 22.0. The van der Waals surface area contributed by atoms with Crippen LogP contribution in [0.5, 0.6) is 11.5 Å². The van der Waals surface area contributed by atoms with Gasteiger partial charge in [-0.1, -0.05) is 18.2 Å². The second-order valence-corrected chi connectivity index (χ2v) is 7.41. The zero-order chi connectivity index (χ0) is 23.5. The van der Waals surface area contributed by atoms with Crippen LogP contribution < -0.4 is 9.47 Å². The molecule has 0 aliphatic carbocycles. The molecule has 4 rings (SSSR count). The van der Waals surface area contributed by atoms with Crippen molar-refractivity contribution in [1.82, 2.24) is 9.88 Å². The summed E-state index contributed by atoms with van der Waals surface area (Å²) in [6, 6.07) is 13.3. The lowest BCUT2D eigenvalue weighted by atomic mass is 9.95. The quantitative estimate of drug-likeness (QED) is 0.350. The van der Waals surface area contributed by atoms with Crippen LogP contribution in [0.2, 0.25) is 0 Å². The first-order chi connectivity index (χ1) is 15.9. The van der Waals surface area contributed by atoms with Crippen LogP contribution in [0.1, 0.15) is 22.7 Å². The number of carbonyl (C=O) groups excluding carboxylic acids is 2. The fourth-order valence-corrected chi connectivity index (χ4v) is 3.83. The first-order valence-electron chi connectivity index (χ1n) is 10.1. The van der Waals surface area contributed by atoms with Crippen LogP contribution in [0, 0.1) is 5.82 Å². The van der Waals surface area contributed by atoms with E-state index in [4.69, 9.17) is 9.47 Å². The van der Waals surface area contributed by atoms with E-state index in [1.54, 1.807) is 48.8 Å². The van der Waals surface area contributed by atoms with Gasteiger partial charge in [0.2, 0.25) is 0 Å². The van der Waals surface area contributed by atoms with Gasteiger partial charge in [-0.25, -0.2) is 4.39 Å². The predicted molar refractivity (Wildman–Crippen MR) is 118 cm³/mol. The van der Waals surface area contributed by atoms with Gasteiger partial charge in [-0.3, -0.25) is 14.6 Å². The number of Topliss-reactive ketones (excluding diaryl/α,β-unsaturated/α-hetero) is 1. The van der Waals surface area contributed by atoms with E-state index in [1.807, 2.05) is 0 Å². The van der Waals surface area contributed by atoms with Gasteiger partial charge in [-0.05, 0) is 47.5 Å². The summed E-state index contributed by atoms with van der Waals surface area (Å²) in [7, 11) is 2.85. The first-order valence-corrected chi connectivity index (χ1v) is 10.1. The number of aliphatic hydroxyl groups is 1. The minimum Gasteiger partial charge on any atom is -0.507 e. The molecule has 7 nitrogen and oxygen atoms in total. The molecule has 0 unspecified atom stereocenters. The van der Waals surface area contributed by atoms with Crippen molar-refractivity contribution in [3.63, 3.8) is 0 Å². The molecule has 0 radical (unpaired) electrons. The van der Waals surface area contributed by atoms with E-state index < -0.39 is 29.3 Å². The number of methoxy groups -OCH3 is 2. The number of hydrogen-bond acceptors (Lipinski definition) is 6. The highest BCUT2D eigenvalue weighted by atomic mass is 19.1. The smallest absolute Gasteiger partial charge is 0.295 e. The predicted octanol–water partition coefficient (Wildman–Crippen LogP) is 3.86. The number of benzene rings is 2. The molecule has 1 fully saturated rings. The van der Waals surface area contributed by atoms with Gasteiger partial charge in [-0.15, -0.1) is 0 Å². The Balaban J connectivity index is 1.85. The molecule has 1 aliphatic heterocycles. The number of carbonyl (C=O) groups is 2. The van der Waals surface area contributed by atoms with Crippen molar-refractivity contribution in [3.8, 4) is 11.5 Å². The Morgan fingerprint density at radius 3 is 2.45 bits per heavy atom. The van der Waals surface area contributed by atoms with Crippen molar-refractivity contribution < 1.29 is 28.6 Å². The number of hydrogen-bond donors (Lipinski definition) is 1. The highest BCUT2D eigenvalue weighted by Crippen LogP contribution is 2.41. The van der Waals surface area contributed by atoms with Gasteiger partial charge in [-0.2, -0.15) is 0 Å². The van der Waals surface area contributed by atoms with Crippen LogP contribution in [0.4, 0.5) is 4.39 Å². The van der Waals surface area contributed by atoms with Gasteiger partial charge in [0.1, 0.15) is 11.5 Å². The Kier molecular flexibility index (Phi) is 6.08. The summed E-state index contributed by atoms with van der Waals surface area (Å²) < 4.78 is 24.4. The van der Waals surface area contributed by atoms with E-state index in [2.05, 4.69) is 4.98 Å². The number of ketones is 1. The number of aromatic nitrogens is 1. The Labute approximate surface area is 189 Å². The second-order valence-electron chi connectivity index (χ2n) is 7.41. The lowest BCUT2D eigenvalue weighted by Gasteiger charge is -2.25. The van der Waals surface area contributed by atoms with E-state index in [0.717, 1.165) is 6.07 Å². The molecule has 8 heteroatoms. The molecule has 3 aromatic rings. The SMILES string of the molecule is COc1ccc([C@@H]2C(=C(O)c3ccc(OC)c(F)c3)C(=O)C(=O)N2Cc2cccnc2)cc1. The van der Waals surface area contributed by atoms with E-state index in [-0.39, 0.29) is 23.4 Å². The van der Waals surface area contributed by atoms with Crippen LogP contribution in [0.3, 0.4) is 0 Å². The molecule has 0 bridgehead atoms. The van der Waals surface area contributed by atoms with E-state index in [0.29, 0.717) is 16.9 Å². The van der Waals surface area contributed by atoms with E-state index >= 15 is 0 Å². The number of pyridine rings is 1. The molecule has 1 aliphatic rings. The molecule has 2 heterocycles. The maximum Gasteiger partial charge on any atom is 0.295 e. The molecular formula is C25H21FN2O5. The van der Waals surface area contributed by atoms with Gasteiger partial charge in [0.25, 0.3) is 11.7 Å². The highest BCUT2D eigenvalue weighted by Gasteiger charge is 2.46. The number of halogens is 1. The molecule has 1 amide bonds. The molecule has 1 aromatic heterocycles. The van der Waals surface area contributed by atoms with Crippen LogP contribution in [-0.2, 0) is 16.1 Å². The molecule has 1 saturated heterocycles. The van der Waals surface area contributed by atoms with Gasteiger partial charge in [0.05, 0.1) is 25.8 Å². The fourth-order valence-electron chi connectivity index (χ4n) is 3.83. The van der Waals surface area contributed by atoms with Crippen molar-refractivity contribution >= 4 is 17.4 Å². The maximum absolute atomic E-state index is 14.3. The summed E-state index contributed by atoms with van der Waals surface area (Å²) in [4.78, 5) is 31.5. The third-order valence-electron chi connectivity index (χ3n) is 5.47. The van der Waals surface area contributed by atoms with Crippen molar-refractivity contribution in [2.24, 2.45) is 0 Å². The fraction of sp³-hybridized carbons (Fsp3) is 0.160. The molecule has 0 spiro atoms. The van der Waals surface area contributed by atoms with Gasteiger partial charge in [0, 0.05) is 24.5 Å². The molecule has 1 atom stereocenters.